The molecule has 41 heavy (non-hydrogen) atoms. The zero-order valence-electron chi connectivity index (χ0n) is 23.3. The van der Waals surface area contributed by atoms with Gasteiger partial charge >= 0.3 is 5.69 Å². The molecule has 9 nitrogen and oxygen atoms in total. The zero-order chi connectivity index (χ0) is 28.7. The summed E-state index contributed by atoms with van der Waals surface area (Å²) in [5, 5.41) is 2.67. The van der Waals surface area contributed by atoms with Crippen molar-refractivity contribution in [2.45, 2.75) is 76.3 Å². The summed E-state index contributed by atoms with van der Waals surface area (Å²) in [5.74, 6) is -0.267. The van der Waals surface area contributed by atoms with Crippen LogP contribution >= 0.6 is 8.53 Å². The second kappa shape index (κ2) is 11.3. The molecule has 0 bridgehead atoms. The third-order valence-corrected chi connectivity index (χ3v) is 10.1. The number of aromatic nitrogens is 2. The van der Waals surface area contributed by atoms with Gasteiger partial charge in [-0.15, -0.1) is 0 Å². The number of hydrogen-bond acceptors (Lipinski definition) is 7. The first kappa shape index (κ1) is 28.1. The van der Waals surface area contributed by atoms with E-state index in [1.54, 1.807) is 31.2 Å². The fraction of sp³-hybridized carbons (Fsp3) is 0.433. The number of aryl methyl sites for hydroxylation is 1. The van der Waals surface area contributed by atoms with E-state index < -0.39 is 44.4 Å². The molecule has 1 unspecified atom stereocenters. The number of rotatable bonds is 7. The van der Waals surface area contributed by atoms with Crippen molar-refractivity contribution in [1.82, 2.24) is 14.2 Å². The Bertz CT molecular complexity index is 1460. The van der Waals surface area contributed by atoms with Crippen LogP contribution in [0.1, 0.15) is 60.8 Å². The molecular weight excluding hydrogens is 546 g/mol. The van der Waals surface area contributed by atoms with E-state index in [2.05, 4.69) is 34.0 Å². The van der Waals surface area contributed by atoms with Gasteiger partial charge in [0.1, 0.15) is 17.5 Å². The summed E-state index contributed by atoms with van der Waals surface area (Å²) < 4.78 is 38.7. The van der Waals surface area contributed by atoms with Crippen LogP contribution in [-0.2, 0) is 19.4 Å². The highest BCUT2D eigenvalue weighted by atomic mass is 31.2. The minimum atomic E-state index is -1.63. The van der Waals surface area contributed by atoms with Gasteiger partial charge in [0.25, 0.3) is 14.4 Å². The lowest BCUT2D eigenvalue weighted by molar-refractivity contribution is -0.0272. The number of nitrogens with one attached hydrogen (secondary N) is 1. The Morgan fingerprint density at radius 2 is 1.90 bits per heavy atom. The summed E-state index contributed by atoms with van der Waals surface area (Å²) in [5.41, 5.74) is 0.729. The molecular formula is C30H34FN4O5P. The van der Waals surface area contributed by atoms with Crippen molar-refractivity contribution in [3.05, 3.63) is 94.0 Å². The topological polar surface area (TPSA) is 94.9 Å². The molecule has 3 aliphatic rings. The monoisotopic (exact) mass is 580 g/mol. The molecule has 3 fully saturated rings. The maximum Gasteiger partial charge on any atom is 0.351 e. The first-order chi connectivity index (χ1) is 19.8. The molecule has 0 aliphatic carbocycles. The maximum absolute atomic E-state index is 16.2. The molecule has 3 saturated heterocycles. The molecule has 7 atom stereocenters. The molecule has 4 heterocycles. The average Bonchev–Trinajstić information content (AvgIpc) is 3.67. The first-order valence-electron chi connectivity index (χ1n) is 14.0. The van der Waals surface area contributed by atoms with Crippen molar-refractivity contribution in [3.8, 4) is 0 Å². The summed E-state index contributed by atoms with van der Waals surface area (Å²) in [6.45, 7) is 6.51. The van der Waals surface area contributed by atoms with Crippen LogP contribution in [-0.4, -0.2) is 51.1 Å². The minimum absolute atomic E-state index is 0.122. The standard InChI is InChI=1S/C30H34FN4O5P/c1-4-22-25(39-41-35-17-11-16-23(35)30(3,40-41)21-14-9-6-10-15-21)24(31)28(38-22)34-18-19(2)26(33-29(34)37)32-27(36)20-12-7-5-8-13-20/h5-10,12-15,18,22-25,28H,4,11,16-17H2,1-3H3,(H,32,33,36,37)/t22-,23+,24?,25+,28-,30-,41+/m1/s1. The molecule has 1 aromatic heterocycles. The van der Waals surface area contributed by atoms with E-state index >= 15 is 4.39 Å². The van der Waals surface area contributed by atoms with Gasteiger partial charge in [-0.05, 0) is 50.8 Å². The van der Waals surface area contributed by atoms with Gasteiger partial charge < -0.3 is 19.1 Å². The highest BCUT2D eigenvalue weighted by molar-refractivity contribution is 7.45. The van der Waals surface area contributed by atoms with Crippen molar-refractivity contribution < 1.29 is 23.0 Å². The van der Waals surface area contributed by atoms with E-state index in [0.717, 1.165) is 29.5 Å². The normalized spacial score (nSPS) is 31.3. The SMILES string of the molecule is CC[C@H]1O[C@@H](n2cc(C)c(NC(=O)c3ccccc3)nc2=O)C(F)[C@H]1O[P@@]1O[C@](C)(c2ccccc2)[C@@H]2CCCN21. The maximum atomic E-state index is 16.2. The largest absolute Gasteiger partial charge is 0.351 e. The van der Waals surface area contributed by atoms with Gasteiger partial charge in [0, 0.05) is 23.9 Å². The van der Waals surface area contributed by atoms with Gasteiger partial charge in [-0.1, -0.05) is 55.5 Å². The van der Waals surface area contributed by atoms with Gasteiger partial charge in [-0.3, -0.25) is 9.36 Å². The number of hydrogen-bond donors (Lipinski definition) is 1. The van der Waals surface area contributed by atoms with Gasteiger partial charge in [0.2, 0.25) is 0 Å². The highest BCUT2D eigenvalue weighted by Gasteiger charge is 2.57. The van der Waals surface area contributed by atoms with Gasteiger partial charge in [-0.25, -0.2) is 13.9 Å². The van der Waals surface area contributed by atoms with Crippen LogP contribution in [0, 0.1) is 6.92 Å². The summed E-state index contributed by atoms with van der Waals surface area (Å²) in [7, 11) is -1.54. The minimum Gasteiger partial charge on any atom is -0.349 e. The predicted octanol–water partition coefficient (Wildman–Crippen LogP) is 5.47. The summed E-state index contributed by atoms with van der Waals surface area (Å²) >= 11 is 0. The van der Waals surface area contributed by atoms with Crippen molar-refractivity contribution in [3.63, 3.8) is 0 Å². The Hall–Kier alpha value is -3.01. The molecule has 216 valence electrons. The number of benzene rings is 2. The highest BCUT2D eigenvalue weighted by Crippen LogP contribution is 2.64. The number of ether oxygens (including phenoxy) is 1. The Kier molecular flexibility index (Phi) is 7.78. The fourth-order valence-corrected chi connectivity index (χ4v) is 8.15. The van der Waals surface area contributed by atoms with Gasteiger partial charge in [0.05, 0.1) is 12.1 Å². The number of halogens is 1. The summed E-state index contributed by atoms with van der Waals surface area (Å²) in [6, 6.07) is 18.9. The molecule has 2 aromatic carbocycles. The second-order valence-corrected chi connectivity index (χ2v) is 12.3. The molecule has 11 heteroatoms. The number of fused-ring (bicyclic) bond motifs is 1. The summed E-state index contributed by atoms with van der Waals surface area (Å²) in [4.78, 5) is 29.7. The molecule has 3 aromatic rings. The Balaban J connectivity index is 1.21. The number of anilines is 1. The molecule has 0 radical (unpaired) electrons. The van der Waals surface area contributed by atoms with E-state index in [-0.39, 0.29) is 17.8 Å². The number of nitrogens with zero attached hydrogens (tertiary/aromatic N) is 3. The van der Waals surface area contributed by atoms with Crippen molar-refractivity contribution in [2.24, 2.45) is 0 Å². The average molecular weight is 581 g/mol. The molecule has 1 amide bonds. The lowest BCUT2D eigenvalue weighted by Gasteiger charge is -2.29. The van der Waals surface area contributed by atoms with Crippen molar-refractivity contribution in [1.29, 1.82) is 0 Å². The van der Waals surface area contributed by atoms with Crippen molar-refractivity contribution >= 4 is 20.3 Å². The number of carbonyl (C=O) groups excluding carboxylic acids is 1. The first-order valence-corrected chi connectivity index (χ1v) is 15.2. The van der Waals surface area contributed by atoms with E-state index in [0.29, 0.717) is 17.5 Å². The lowest BCUT2D eigenvalue weighted by Crippen LogP contribution is -2.37. The lowest BCUT2D eigenvalue weighted by atomic mass is 9.87. The summed E-state index contributed by atoms with van der Waals surface area (Å²) in [6.07, 6.45) is -0.364. The van der Waals surface area contributed by atoms with E-state index in [1.807, 2.05) is 31.2 Å². The van der Waals surface area contributed by atoms with E-state index in [9.17, 15) is 9.59 Å². The van der Waals surface area contributed by atoms with Crippen LogP contribution in [0.5, 0.6) is 0 Å². The molecule has 3 aliphatic heterocycles. The van der Waals surface area contributed by atoms with Gasteiger partial charge in [0.15, 0.2) is 12.4 Å². The Morgan fingerprint density at radius 3 is 2.61 bits per heavy atom. The third kappa shape index (κ3) is 5.13. The van der Waals surface area contributed by atoms with Crippen LogP contribution in [0.3, 0.4) is 0 Å². The Labute approximate surface area is 239 Å². The number of carbonyl (C=O) groups is 1. The van der Waals surface area contributed by atoms with E-state index in [4.69, 9.17) is 13.8 Å². The number of amides is 1. The molecule has 6 rings (SSSR count). The molecule has 0 spiro atoms. The second-order valence-electron chi connectivity index (χ2n) is 10.9. The van der Waals surface area contributed by atoms with E-state index in [1.165, 1.54) is 6.20 Å². The zero-order valence-corrected chi connectivity index (χ0v) is 24.2. The predicted molar refractivity (Wildman–Crippen MR) is 153 cm³/mol. The smallest absolute Gasteiger partial charge is 0.349 e. The molecule has 0 saturated carbocycles. The van der Waals surface area contributed by atoms with Crippen LogP contribution in [0.25, 0.3) is 0 Å². The third-order valence-electron chi connectivity index (χ3n) is 8.24. The van der Waals surface area contributed by atoms with Gasteiger partial charge in [-0.2, -0.15) is 4.98 Å². The molecule has 1 N–H and O–H groups in total. The number of alkyl halides is 1. The van der Waals surface area contributed by atoms with Crippen LogP contribution < -0.4 is 11.0 Å². The Morgan fingerprint density at radius 1 is 1.20 bits per heavy atom. The van der Waals surface area contributed by atoms with Crippen LogP contribution in [0.4, 0.5) is 10.2 Å². The van der Waals surface area contributed by atoms with Crippen molar-refractivity contribution in [2.75, 3.05) is 11.9 Å². The fourth-order valence-electron chi connectivity index (χ4n) is 6.00. The van der Waals surface area contributed by atoms with Crippen LogP contribution in [0.15, 0.2) is 71.7 Å². The quantitative estimate of drug-likeness (QED) is 0.371. The van der Waals surface area contributed by atoms with Crippen LogP contribution in [0.2, 0.25) is 0 Å².